The van der Waals surface area contributed by atoms with E-state index in [4.69, 9.17) is 33.2 Å². The number of hydrogen-bond acceptors (Lipinski definition) is 0. The molecular weight excluding hydrogens is 352 g/mol. The minimum absolute atomic E-state index is 0.389. The first-order valence-electron chi connectivity index (χ1n) is 5.66. The molecule has 0 radical (unpaired) electrons. The lowest BCUT2D eigenvalue weighted by molar-refractivity contribution is -0.137. The first-order valence-corrected chi connectivity index (χ1v) is 14.1. The molecule has 8 heteroatoms. The van der Waals surface area contributed by atoms with Gasteiger partial charge in [0.2, 0.25) is 0 Å². The molecule has 0 N–H and O–H groups in total. The molecule has 0 atom stereocenters. The average molecular weight is 366 g/mol. The van der Waals surface area contributed by atoms with Crippen LogP contribution in [-0.4, -0.2) is 14.1 Å². The van der Waals surface area contributed by atoms with Crippen LogP contribution in [0.3, 0.4) is 0 Å². The standard InChI is InChI=1S/C11H14Cl3F3Si2/c1-18(2,12)6-7-19(13,14)10-5-3-4-9(8-10)11(15,16)17/h3-5,8H,6-7H2,1-2H3. The van der Waals surface area contributed by atoms with Crippen LogP contribution in [0.25, 0.3) is 0 Å². The first-order chi connectivity index (χ1) is 8.42. The molecular formula is C11H14Cl3F3Si2. The zero-order valence-corrected chi connectivity index (χ0v) is 14.8. The molecule has 0 heterocycles. The Labute approximate surface area is 127 Å². The SMILES string of the molecule is C[Si](C)(Cl)CC[Si](Cl)(Cl)c1cccc(C(F)(F)F)c1. The summed E-state index contributed by atoms with van der Waals surface area (Å²) in [6.07, 6.45) is -4.38. The van der Waals surface area contributed by atoms with Crippen molar-refractivity contribution >= 4 is 52.5 Å². The smallest absolute Gasteiger partial charge is 0.168 e. The summed E-state index contributed by atoms with van der Waals surface area (Å²) in [5.41, 5.74) is -0.717. The Morgan fingerprint density at radius 2 is 1.63 bits per heavy atom. The second-order valence-corrected chi connectivity index (χ2v) is 18.9. The normalized spacial score (nSPS) is 13.7. The van der Waals surface area contributed by atoms with E-state index in [2.05, 4.69) is 0 Å². The summed E-state index contributed by atoms with van der Waals surface area (Å²) >= 11 is 18.8. The van der Waals surface area contributed by atoms with Gasteiger partial charge in [0.15, 0.2) is 0 Å². The van der Waals surface area contributed by atoms with Crippen LogP contribution >= 0.6 is 33.2 Å². The lowest BCUT2D eigenvalue weighted by Crippen LogP contribution is -2.38. The van der Waals surface area contributed by atoms with Gasteiger partial charge in [-0.05, 0) is 23.3 Å². The topological polar surface area (TPSA) is 0 Å². The van der Waals surface area contributed by atoms with E-state index in [9.17, 15) is 13.2 Å². The molecule has 0 unspecified atom stereocenters. The van der Waals surface area contributed by atoms with Crippen molar-refractivity contribution < 1.29 is 13.2 Å². The van der Waals surface area contributed by atoms with E-state index in [1.54, 1.807) is 6.07 Å². The van der Waals surface area contributed by atoms with Crippen LogP contribution in [0.2, 0.25) is 25.2 Å². The Morgan fingerprint density at radius 1 is 1.05 bits per heavy atom. The summed E-state index contributed by atoms with van der Waals surface area (Å²) in [6.45, 7) is 1.01. The Kier molecular flexibility index (Phi) is 5.46. The van der Waals surface area contributed by atoms with Crippen molar-refractivity contribution in [1.82, 2.24) is 0 Å². The van der Waals surface area contributed by atoms with Crippen molar-refractivity contribution in [2.45, 2.75) is 31.4 Å². The van der Waals surface area contributed by atoms with Crippen molar-refractivity contribution in [2.24, 2.45) is 0 Å². The molecule has 0 saturated heterocycles. The number of benzene rings is 1. The highest BCUT2D eigenvalue weighted by Crippen LogP contribution is 2.32. The van der Waals surface area contributed by atoms with E-state index in [1.807, 2.05) is 13.1 Å². The molecule has 0 amide bonds. The van der Waals surface area contributed by atoms with Crippen LogP contribution in [0.5, 0.6) is 0 Å². The quantitative estimate of drug-likeness (QED) is 0.503. The van der Waals surface area contributed by atoms with Gasteiger partial charge in [-0.25, -0.2) is 0 Å². The fourth-order valence-corrected chi connectivity index (χ4v) is 9.41. The first kappa shape index (κ1) is 17.4. The Morgan fingerprint density at radius 3 is 2.11 bits per heavy atom. The second kappa shape index (κ2) is 5.97. The molecule has 108 valence electrons. The molecule has 0 fully saturated rings. The molecule has 1 rings (SSSR count). The molecule has 0 bridgehead atoms. The molecule has 0 nitrogen and oxygen atoms in total. The molecule has 19 heavy (non-hydrogen) atoms. The highest BCUT2D eigenvalue weighted by molar-refractivity contribution is 7.51. The summed E-state index contributed by atoms with van der Waals surface area (Å²) < 4.78 is 37.9. The fourth-order valence-electron chi connectivity index (χ4n) is 1.52. The van der Waals surface area contributed by atoms with Crippen molar-refractivity contribution in [3.05, 3.63) is 29.8 Å². The van der Waals surface area contributed by atoms with E-state index in [-0.39, 0.29) is 0 Å². The van der Waals surface area contributed by atoms with Gasteiger partial charge in [0.25, 0.3) is 6.69 Å². The molecule has 0 spiro atoms. The van der Waals surface area contributed by atoms with E-state index < -0.39 is 25.8 Å². The summed E-state index contributed by atoms with van der Waals surface area (Å²) in [5.74, 6) is 0. The Hall–Kier alpha value is 0.314. The van der Waals surface area contributed by atoms with Gasteiger partial charge >= 0.3 is 6.18 Å². The zero-order chi connectivity index (χ0) is 14.9. The zero-order valence-electron chi connectivity index (χ0n) is 10.5. The van der Waals surface area contributed by atoms with Gasteiger partial charge in [-0.15, -0.1) is 22.2 Å². The molecule has 0 aromatic heterocycles. The van der Waals surface area contributed by atoms with Crippen molar-refractivity contribution in [2.75, 3.05) is 0 Å². The van der Waals surface area contributed by atoms with E-state index >= 15 is 0 Å². The molecule has 1 aromatic carbocycles. The monoisotopic (exact) mass is 364 g/mol. The Balaban J connectivity index is 2.95. The van der Waals surface area contributed by atoms with Crippen LogP contribution in [0.1, 0.15) is 5.56 Å². The van der Waals surface area contributed by atoms with Crippen molar-refractivity contribution in [1.29, 1.82) is 0 Å². The third kappa shape index (κ3) is 5.67. The van der Waals surface area contributed by atoms with E-state index in [0.29, 0.717) is 17.3 Å². The number of rotatable bonds is 4. The Bertz CT molecular complexity index is 442. The van der Waals surface area contributed by atoms with Crippen LogP contribution < -0.4 is 5.19 Å². The lowest BCUT2D eigenvalue weighted by Gasteiger charge is -2.21. The minimum Gasteiger partial charge on any atom is -0.168 e. The number of halogens is 6. The molecule has 0 aliphatic carbocycles. The largest absolute Gasteiger partial charge is 0.416 e. The summed E-state index contributed by atoms with van der Waals surface area (Å²) in [5, 5.41) is 0.389. The van der Waals surface area contributed by atoms with Crippen LogP contribution in [0, 0.1) is 0 Å². The highest BCUT2D eigenvalue weighted by Gasteiger charge is 2.36. The predicted molar refractivity (Wildman–Crippen MR) is 81.5 cm³/mol. The third-order valence-electron chi connectivity index (χ3n) is 2.65. The predicted octanol–water partition coefficient (Wildman–Crippen LogP) is 5.28. The fraction of sp³-hybridized carbons (Fsp3) is 0.455. The molecule has 1 aromatic rings. The van der Waals surface area contributed by atoms with Crippen LogP contribution in [0.15, 0.2) is 24.3 Å². The maximum Gasteiger partial charge on any atom is 0.416 e. The van der Waals surface area contributed by atoms with Crippen LogP contribution in [-0.2, 0) is 6.18 Å². The average Bonchev–Trinajstić information content (AvgIpc) is 2.25. The van der Waals surface area contributed by atoms with Gasteiger partial charge in [-0.1, -0.05) is 31.3 Å². The van der Waals surface area contributed by atoms with E-state index in [1.165, 1.54) is 6.07 Å². The van der Waals surface area contributed by atoms with Crippen molar-refractivity contribution in [3.63, 3.8) is 0 Å². The summed E-state index contributed by atoms with van der Waals surface area (Å²) in [4.78, 5) is 0. The molecule has 0 aliphatic rings. The maximum absolute atomic E-state index is 12.6. The van der Waals surface area contributed by atoms with Gasteiger partial charge in [-0.2, -0.15) is 24.3 Å². The van der Waals surface area contributed by atoms with Gasteiger partial charge < -0.3 is 0 Å². The third-order valence-corrected chi connectivity index (χ3v) is 9.63. The minimum atomic E-state index is -4.38. The van der Waals surface area contributed by atoms with Gasteiger partial charge in [-0.3, -0.25) is 0 Å². The summed E-state index contributed by atoms with van der Waals surface area (Å²) in [7, 11) is -1.83. The van der Waals surface area contributed by atoms with Gasteiger partial charge in [0.05, 0.1) is 5.56 Å². The maximum atomic E-state index is 12.6. The van der Waals surface area contributed by atoms with Crippen molar-refractivity contribution in [3.8, 4) is 0 Å². The lowest BCUT2D eigenvalue weighted by atomic mass is 10.2. The second-order valence-electron chi connectivity index (χ2n) is 5.00. The highest BCUT2D eigenvalue weighted by atomic mass is 35.7. The number of hydrogen-bond donors (Lipinski definition) is 0. The van der Waals surface area contributed by atoms with E-state index in [0.717, 1.165) is 12.1 Å². The van der Waals surface area contributed by atoms with Crippen LogP contribution in [0.4, 0.5) is 13.2 Å². The van der Waals surface area contributed by atoms with Gasteiger partial charge in [0, 0.05) is 0 Å². The molecule has 0 saturated carbocycles. The van der Waals surface area contributed by atoms with Gasteiger partial charge in [0.1, 0.15) is 7.38 Å². The number of alkyl halides is 3. The molecule has 0 aliphatic heterocycles. The summed E-state index contributed by atoms with van der Waals surface area (Å²) in [6, 6.07) is 6.12.